The fourth-order valence-corrected chi connectivity index (χ4v) is 8.55. The van der Waals surface area contributed by atoms with Crippen molar-refractivity contribution in [3.63, 3.8) is 0 Å². The summed E-state index contributed by atoms with van der Waals surface area (Å²) in [4.78, 5) is 37.4. The molecule has 16 heteroatoms. The monoisotopic (exact) mass is 1020 g/mol. The highest BCUT2D eigenvalue weighted by Gasteiger charge is 2.52. The van der Waals surface area contributed by atoms with E-state index in [4.69, 9.17) is 39.1 Å². The van der Waals surface area contributed by atoms with E-state index in [2.05, 4.69) is 50.9 Å². The molecule has 4 aliphatic rings. The van der Waals surface area contributed by atoms with Crippen LogP contribution in [0.3, 0.4) is 0 Å². The molecule has 2 fully saturated rings. The average Bonchev–Trinajstić information content (AvgIpc) is 4.25. The summed E-state index contributed by atoms with van der Waals surface area (Å²) in [5, 5.41) is 17.3. The fourth-order valence-electron chi connectivity index (χ4n) is 8.17. The summed E-state index contributed by atoms with van der Waals surface area (Å²) < 4.78 is 32.5. The molecule has 2 aliphatic carbocycles. The lowest BCUT2D eigenvalue weighted by molar-refractivity contribution is -0.119. The van der Waals surface area contributed by atoms with E-state index in [-0.39, 0.29) is 25.4 Å². The molecule has 0 unspecified atom stereocenters. The maximum atomic E-state index is 13.2. The molecule has 3 amide bonds. The number of benzene rings is 6. The summed E-state index contributed by atoms with van der Waals surface area (Å²) in [7, 11) is 0.619. The Labute approximate surface area is 423 Å². The Morgan fingerprint density at radius 3 is 1.66 bits per heavy atom. The van der Waals surface area contributed by atoms with Crippen molar-refractivity contribution < 1.29 is 47.7 Å². The molecule has 6 aromatic rings. The van der Waals surface area contributed by atoms with Crippen LogP contribution in [0.2, 0.25) is 0 Å². The number of nitrogens with two attached hydrogens (primary N) is 1. The molecule has 0 saturated heterocycles. The first-order chi connectivity index (χ1) is 34.1. The van der Waals surface area contributed by atoms with Crippen molar-refractivity contribution in [3.05, 3.63) is 159 Å². The molecule has 71 heavy (non-hydrogen) atoms. The van der Waals surface area contributed by atoms with Crippen molar-refractivity contribution in [2.75, 3.05) is 24.2 Å². The van der Waals surface area contributed by atoms with E-state index in [9.17, 15) is 14.4 Å². The molecule has 0 atom stereocenters. The van der Waals surface area contributed by atoms with Crippen molar-refractivity contribution in [1.29, 1.82) is 0 Å². The lowest BCUT2D eigenvalue weighted by atomic mass is 9.94. The van der Waals surface area contributed by atoms with Crippen molar-refractivity contribution in [2.24, 2.45) is 5.73 Å². The maximum absolute atomic E-state index is 13.2. The largest absolute Gasteiger partial charge is 0.569 e. The highest BCUT2D eigenvalue weighted by atomic mass is 79.9. The first kappa shape index (κ1) is 50.4. The molecular weight excluding hydrogens is 967 g/mol. The molecule has 6 aromatic carbocycles. The molecule has 1 radical (unpaired) electrons. The second-order valence-electron chi connectivity index (χ2n) is 18.8. The van der Waals surface area contributed by atoms with Gasteiger partial charge in [0, 0.05) is 28.9 Å². The molecule has 2 heterocycles. The predicted molar refractivity (Wildman–Crippen MR) is 276 cm³/mol. The normalized spacial score (nSPS) is 14.8. The number of alkyl carbamates (subject to hydrolysis) is 1. The molecule has 6 N–H and O–H groups in total. The third-order valence-corrected chi connectivity index (χ3v) is 13.4. The van der Waals surface area contributed by atoms with Gasteiger partial charge in [-0.3, -0.25) is 9.59 Å². The molecule has 0 aromatic heterocycles. The summed E-state index contributed by atoms with van der Waals surface area (Å²) >= 11 is 3.50. The number of ether oxygens (including phenoxy) is 5. The van der Waals surface area contributed by atoms with Gasteiger partial charge in [-0.25, -0.2) is 4.79 Å². The van der Waals surface area contributed by atoms with Crippen LogP contribution in [-0.2, 0) is 38.2 Å². The average molecular weight is 1020 g/mol. The van der Waals surface area contributed by atoms with Crippen LogP contribution in [0.1, 0.15) is 79.8 Å². The fraction of sp³-hybridized carbons (Fsp3) is 0.291. The van der Waals surface area contributed by atoms with Crippen LogP contribution >= 0.6 is 15.9 Å². The number of hydrogen-bond acceptors (Lipinski definition) is 11. The number of amides is 3. The van der Waals surface area contributed by atoms with E-state index in [0.717, 1.165) is 103 Å². The number of carbonyl (C=O) groups excluding carboxylic acids is 3. The van der Waals surface area contributed by atoms with Gasteiger partial charge in [0.2, 0.25) is 25.4 Å². The summed E-state index contributed by atoms with van der Waals surface area (Å²) in [6.45, 7) is 10.9. The van der Waals surface area contributed by atoms with Gasteiger partial charge in [0.05, 0.1) is 16.6 Å². The molecule has 367 valence electrons. The number of rotatable bonds is 12. The SMILES string of the molecule is CC(C)(C)OC(=O)NCc1ccc(O[B]O)cc1.Cc1ccc(NC(=O)C2(c3ccc4c(c3)OCO4)CC2)cc1-c1ccc(CN)cc1.Cc1ccc(NC(=O)C2(c3ccc4c(c3)OCO4)CC2)cc1Br. The molecule has 14 nitrogen and oxygen atoms in total. The van der Waals surface area contributed by atoms with Crippen molar-refractivity contribution in [3.8, 4) is 39.9 Å². The summed E-state index contributed by atoms with van der Waals surface area (Å²) in [6, 6.07) is 38.7. The summed E-state index contributed by atoms with van der Waals surface area (Å²) in [6.07, 6.45) is 2.92. The molecule has 0 spiro atoms. The van der Waals surface area contributed by atoms with Crippen LogP contribution < -0.4 is 45.3 Å². The number of nitrogens with one attached hydrogen (secondary N) is 3. The number of halogens is 1. The number of aryl methyl sites for hydroxylation is 2. The topological polar surface area (TPSA) is 189 Å². The van der Waals surface area contributed by atoms with Gasteiger partial charge < -0.3 is 55.0 Å². The van der Waals surface area contributed by atoms with Crippen LogP contribution in [-0.4, -0.2) is 49.8 Å². The van der Waals surface area contributed by atoms with Gasteiger partial charge in [0.25, 0.3) is 0 Å². The van der Waals surface area contributed by atoms with E-state index < -0.39 is 22.5 Å². The Kier molecular flexibility index (Phi) is 15.3. The highest BCUT2D eigenvalue weighted by Crippen LogP contribution is 2.52. The van der Waals surface area contributed by atoms with Crippen LogP contribution in [0.4, 0.5) is 16.2 Å². The first-order valence-corrected chi connectivity index (χ1v) is 24.1. The molecule has 10 rings (SSSR count). The lowest BCUT2D eigenvalue weighted by Gasteiger charge is -2.19. The van der Waals surface area contributed by atoms with E-state index in [1.54, 1.807) is 24.3 Å². The second-order valence-corrected chi connectivity index (χ2v) is 19.7. The smallest absolute Gasteiger partial charge is 0.537 e. The minimum Gasteiger partial charge on any atom is -0.537 e. The number of hydrogen-bond donors (Lipinski definition) is 5. The second kappa shape index (κ2) is 21.6. The van der Waals surface area contributed by atoms with Crippen LogP contribution in [0, 0.1) is 13.8 Å². The zero-order valence-electron chi connectivity index (χ0n) is 40.4. The molecule has 0 bridgehead atoms. The van der Waals surface area contributed by atoms with Crippen molar-refractivity contribution in [2.45, 2.75) is 89.8 Å². The standard InChI is InChI=1S/C25H24N2O3.C18H16BrNO3.C12H17BNO4/c1-16-2-8-20(13-21(16)18-5-3-17(14-26)4-6-18)27-24(28)25(10-11-25)19-7-9-22-23(12-19)30-15-29-22;1-11-2-4-13(9-14(11)19)20-17(21)18(6-7-18)12-3-5-15-16(8-12)23-10-22-15;1-12(2,3)17-11(15)14-8-9-4-6-10(7-5-9)18-13-16/h2-9,12-13H,10-11,14-15,26H2,1H3,(H,27,28);2-5,8-9H,6-7,10H2,1H3,(H,20,21);4-7,16H,8H2,1-3H3,(H,14,15). The summed E-state index contributed by atoms with van der Waals surface area (Å²) in [5.41, 5.74) is 14.4. The Balaban J connectivity index is 0.000000148. The summed E-state index contributed by atoms with van der Waals surface area (Å²) in [5.74, 6) is 3.50. The van der Waals surface area contributed by atoms with Crippen LogP contribution in [0.15, 0.2) is 126 Å². The predicted octanol–water partition coefficient (Wildman–Crippen LogP) is 10.3. The van der Waals surface area contributed by atoms with Gasteiger partial charge in [0.1, 0.15) is 5.60 Å². The molecule has 2 saturated carbocycles. The highest BCUT2D eigenvalue weighted by molar-refractivity contribution is 9.10. The van der Waals surface area contributed by atoms with E-state index in [0.29, 0.717) is 32.3 Å². The van der Waals surface area contributed by atoms with Crippen LogP contribution in [0.25, 0.3) is 11.1 Å². The minimum absolute atomic E-state index is 0.0228. The molecular formula is C55H57BBrN4O10. The van der Waals surface area contributed by atoms with E-state index >= 15 is 0 Å². The molecule has 2 aliphatic heterocycles. The van der Waals surface area contributed by atoms with Crippen molar-refractivity contribution >= 4 is 52.9 Å². The van der Waals surface area contributed by atoms with Gasteiger partial charge >= 0.3 is 13.8 Å². The van der Waals surface area contributed by atoms with Gasteiger partial charge in [0.15, 0.2) is 23.0 Å². The third kappa shape index (κ3) is 12.3. The van der Waals surface area contributed by atoms with E-state index in [1.165, 1.54) is 0 Å². The zero-order chi connectivity index (χ0) is 50.3. The van der Waals surface area contributed by atoms with Crippen LogP contribution in [0.5, 0.6) is 28.7 Å². The zero-order valence-corrected chi connectivity index (χ0v) is 41.9. The number of anilines is 2. The van der Waals surface area contributed by atoms with Gasteiger partial charge in [-0.15, -0.1) is 0 Å². The van der Waals surface area contributed by atoms with Gasteiger partial charge in [-0.2, -0.15) is 0 Å². The third-order valence-electron chi connectivity index (χ3n) is 12.6. The quantitative estimate of drug-likeness (QED) is 0.0734. The Morgan fingerprint density at radius 2 is 1.17 bits per heavy atom. The lowest BCUT2D eigenvalue weighted by Crippen LogP contribution is -2.32. The maximum Gasteiger partial charge on any atom is 0.569 e. The van der Waals surface area contributed by atoms with E-state index in [1.807, 2.05) is 113 Å². The Morgan fingerprint density at radius 1 is 0.662 bits per heavy atom. The Hall–Kier alpha value is -7.01. The minimum atomic E-state index is -0.501. The van der Waals surface area contributed by atoms with Crippen molar-refractivity contribution in [1.82, 2.24) is 5.32 Å². The van der Waals surface area contributed by atoms with Gasteiger partial charge in [-0.05, 0) is 165 Å². The number of fused-ring (bicyclic) bond motifs is 2. The van der Waals surface area contributed by atoms with Gasteiger partial charge in [-0.1, -0.05) is 76.6 Å². The number of carbonyl (C=O) groups is 3. The Bertz CT molecular complexity index is 2900. The first-order valence-electron chi connectivity index (χ1n) is 23.4.